The number of aryl methyl sites for hydroxylation is 2. The summed E-state index contributed by atoms with van der Waals surface area (Å²) in [6.07, 6.45) is 0. The molecular formula is C10H12N4O2. The minimum absolute atomic E-state index is 0.0306. The third-order valence-electron chi connectivity index (χ3n) is 2.63. The summed E-state index contributed by atoms with van der Waals surface area (Å²) in [7, 11) is 1.30. The quantitative estimate of drug-likeness (QED) is 0.666. The highest BCUT2D eigenvalue weighted by molar-refractivity contribution is 5.85. The lowest BCUT2D eigenvalue weighted by molar-refractivity contribution is 0.0587. The zero-order chi connectivity index (χ0) is 11.9. The van der Waals surface area contributed by atoms with Gasteiger partial charge in [-0.05, 0) is 26.3 Å². The lowest BCUT2D eigenvalue weighted by Crippen LogP contribution is -2.05. The first-order valence-corrected chi connectivity index (χ1v) is 4.83. The molecule has 2 aromatic rings. The van der Waals surface area contributed by atoms with Gasteiger partial charge in [0.15, 0.2) is 0 Å². The fourth-order valence-electron chi connectivity index (χ4n) is 1.43. The summed E-state index contributed by atoms with van der Waals surface area (Å²) in [4.78, 5) is 19.5. The molecule has 0 atom stereocenters. The van der Waals surface area contributed by atoms with Crippen molar-refractivity contribution in [2.45, 2.75) is 20.8 Å². The van der Waals surface area contributed by atoms with Gasteiger partial charge < -0.3 is 4.74 Å². The lowest BCUT2D eigenvalue weighted by atomic mass is 10.2. The molecule has 0 spiro atoms. The van der Waals surface area contributed by atoms with E-state index in [0.717, 1.165) is 17.0 Å². The van der Waals surface area contributed by atoms with Crippen molar-refractivity contribution in [1.82, 2.24) is 19.6 Å². The molecule has 2 rings (SSSR count). The topological polar surface area (TPSA) is 69.4 Å². The largest absolute Gasteiger partial charge is 0.463 e. The van der Waals surface area contributed by atoms with E-state index in [1.54, 1.807) is 4.52 Å². The maximum atomic E-state index is 11.3. The van der Waals surface area contributed by atoms with Gasteiger partial charge in [-0.15, -0.1) is 5.10 Å². The minimum atomic E-state index is -0.555. The highest BCUT2D eigenvalue weighted by Crippen LogP contribution is 2.11. The standard InChI is InChI=1S/C10H12N4O2/c1-5-6(2)11-10-12-8(9(15)16-4)13-14(10)7(5)3/h1-4H3. The van der Waals surface area contributed by atoms with Gasteiger partial charge in [-0.3, -0.25) is 0 Å². The number of fused-ring (bicyclic) bond motifs is 1. The van der Waals surface area contributed by atoms with Crippen LogP contribution >= 0.6 is 0 Å². The Kier molecular flexibility index (Phi) is 2.34. The summed E-state index contributed by atoms with van der Waals surface area (Å²) in [6, 6.07) is 0. The van der Waals surface area contributed by atoms with Crippen LogP contribution in [-0.2, 0) is 4.74 Å². The molecule has 0 bridgehead atoms. The van der Waals surface area contributed by atoms with Gasteiger partial charge in [-0.25, -0.2) is 14.3 Å². The number of nitrogens with zero attached hydrogens (tertiary/aromatic N) is 4. The molecule has 0 aliphatic heterocycles. The fraction of sp³-hybridized carbons (Fsp3) is 0.400. The Morgan fingerprint density at radius 3 is 2.56 bits per heavy atom. The first-order valence-electron chi connectivity index (χ1n) is 4.83. The van der Waals surface area contributed by atoms with Gasteiger partial charge in [0, 0.05) is 11.4 Å². The van der Waals surface area contributed by atoms with E-state index in [4.69, 9.17) is 0 Å². The number of hydrogen-bond donors (Lipinski definition) is 0. The molecule has 0 radical (unpaired) electrons. The Bertz CT molecular complexity index is 574. The minimum Gasteiger partial charge on any atom is -0.463 e. The average molecular weight is 220 g/mol. The number of hydrogen-bond acceptors (Lipinski definition) is 5. The van der Waals surface area contributed by atoms with E-state index >= 15 is 0 Å². The Morgan fingerprint density at radius 2 is 1.94 bits per heavy atom. The van der Waals surface area contributed by atoms with Gasteiger partial charge in [0.2, 0.25) is 0 Å². The smallest absolute Gasteiger partial charge is 0.378 e. The van der Waals surface area contributed by atoms with Crippen LogP contribution in [0.5, 0.6) is 0 Å². The van der Waals surface area contributed by atoms with Crippen molar-refractivity contribution in [3.63, 3.8) is 0 Å². The van der Waals surface area contributed by atoms with Crippen molar-refractivity contribution >= 4 is 11.7 Å². The molecule has 2 aromatic heterocycles. The molecule has 0 unspecified atom stereocenters. The van der Waals surface area contributed by atoms with Crippen molar-refractivity contribution in [1.29, 1.82) is 0 Å². The average Bonchev–Trinajstić information content (AvgIpc) is 2.69. The molecule has 0 saturated heterocycles. The van der Waals surface area contributed by atoms with Crippen molar-refractivity contribution in [2.75, 3.05) is 7.11 Å². The van der Waals surface area contributed by atoms with Gasteiger partial charge in [-0.1, -0.05) is 0 Å². The summed E-state index contributed by atoms with van der Waals surface area (Å²) in [5.74, 6) is -0.107. The third-order valence-corrected chi connectivity index (χ3v) is 2.63. The molecule has 0 aliphatic carbocycles. The third kappa shape index (κ3) is 1.42. The highest BCUT2D eigenvalue weighted by Gasteiger charge is 2.16. The van der Waals surface area contributed by atoms with Gasteiger partial charge in [0.25, 0.3) is 11.6 Å². The van der Waals surface area contributed by atoms with Crippen molar-refractivity contribution in [3.8, 4) is 0 Å². The second-order valence-corrected chi connectivity index (χ2v) is 3.55. The van der Waals surface area contributed by atoms with E-state index in [1.165, 1.54) is 7.11 Å². The van der Waals surface area contributed by atoms with Crippen LogP contribution < -0.4 is 0 Å². The Balaban J connectivity index is 2.71. The molecule has 0 amide bonds. The van der Waals surface area contributed by atoms with Crippen molar-refractivity contribution in [3.05, 3.63) is 22.8 Å². The van der Waals surface area contributed by atoms with E-state index in [-0.39, 0.29) is 5.82 Å². The van der Waals surface area contributed by atoms with Crippen LogP contribution in [-0.4, -0.2) is 32.7 Å². The van der Waals surface area contributed by atoms with Crippen LogP contribution in [0.1, 0.15) is 27.6 Å². The monoisotopic (exact) mass is 220 g/mol. The normalized spacial score (nSPS) is 10.8. The zero-order valence-corrected chi connectivity index (χ0v) is 9.61. The molecule has 0 aliphatic rings. The molecule has 6 heteroatoms. The molecule has 84 valence electrons. The van der Waals surface area contributed by atoms with Crippen LogP contribution in [0.2, 0.25) is 0 Å². The number of esters is 1. The zero-order valence-electron chi connectivity index (χ0n) is 9.61. The summed E-state index contributed by atoms with van der Waals surface area (Å²) in [5, 5.41) is 4.05. The first kappa shape index (κ1) is 10.5. The molecule has 0 saturated carbocycles. The van der Waals surface area contributed by atoms with Crippen LogP contribution in [0.4, 0.5) is 0 Å². The van der Waals surface area contributed by atoms with Crippen molar-refractivity contribution in [2.24, 2.45) is 0 Å². The second kappa shape index (κ2) is 3.55. The van der Waals surface area contributed by atoms with E-state index in [1.807, 2.05) is 20.8 Å². The molecular weight excluding hydrogens is 208 g/mol. The number of carbonyl (C=O) groups is 1. The number of aromatic nitrogens is 4. The van der Waals surface area contributed by atoms with E-state index in [0.29, 0.717) is 5.78 Å². The van der Waals surface area contributed by atoms with Crippen LogP contribution in [0.25, 0.3) is 5.78 Å². The number of methoxy groups -OCH3 is 1. The number of carbonyl (C=O) groups excluding carboxylic acids is 1. The first-order chi connectivity index (χ1) is 7.54. The summed E-state index contributed by atoms with van der Waals surface area (Å²) < 4.78 is 6.11. The molecule has 2 heterocycles. The lowest BCUT2D eigenvalue weighted by Gasteiger charge is -2.04. The van der Waals surface area contributed by atoms with Gasteiger partial charge in [0.05, 0.1) is 7.11 Å². The van der Waals surface area contributed by atoms with E-state index in [9.17, 15) is 4.79 Å². The molecule has 6 nitrogen and oxygen atoms in total. The molecule has 0 N–H and O–H groups in total. The fourth-order valence-corrected chi connectivity index (χ4v) is 1.43. The SMILES string of the molecule is COC(=O)c1nc2nc(C)c(C)c(C)n2n1. The molecule has 16 heavy (non-hydrogen) atoms. The van der Waals surface area contributed by atoms with Crippen molar-refractivity contribution < 1.29 is 9.53 Å². The predicted octanol–water partition coefficient (Wildman–Crippen LogP) is 0.836. The van der Waals surface area contributed by atoms with Crippen LogP contribution in [0, 0.1) is 20.8 Å². The van der Waals surface area contributed by atoms with Gasteiger partial charge in [-0.2, -0.15) is 4.98 Å². The second-order valence-electron chi connectivity index (χ2n) is 3.55. The van der Waals surface area contributed by atoms with Crippen LogP contribution in [0.3, 0.4) is 0 Å². The maximum absolute atomic E-state index is 11.3. The van der Waals surface area contributed by atoms with Gasteiger partial charge >= 0.3 is 5.97 Å². The summed E-state index contributed by atoms with van der Waals surface area (Å²) in [5.41, 5.74) is 2.84. The maximum Gasteiger partial charge on any atom is 0.378 e. The van der Waals surface area contributed by atoms with Gasteiger partial charge in [0.1, 0.15) is 0 Å². The van der Waals surface area contributed by atoms with Crippen LogP contribution in [0.15, 0.2) is 0 Å². The Labute approximate surface area is 92.3 Å². The number of ether oxygens (including phenoxy) is 1. The summed E-state index contributed by atoms with van der Waals surface area (Å²) >= 11 is 0. The molecule has 0 aromatic carbocycles. The Hall–Kier alpha value is -1.98. The van der Waals surface area contributed by atoms with E-state index < -0.39 is 5.97 Å². The Morgan fingerprint density at radius 1 is 1.25 bits per heavy atom. The predicted molar refractivity (Wildman–Crippen MR) is 56.3 cm³/mol. The molecule has 0 fully saturated rings. The highest BCUT2D eigenvalue weighted by atomic mass is 16.5. The summed E-state index contributed by atoms with van der Waals surface area (Å²) in [6.45, 7) is 5.76. The number of rotatable bonds is 1. The van der Waals surface area contributed by atoms with E-state index in [2.05, 4.69) is 19.8 Å².